The van der Waals surface area contributed by atoms with Gasteiger partial charge < -0.3 is 0 Å². The Morgan fingerprint density at radius 2 is 1.80 bits per heavy atom. The fraction of sp³-hybridized carbons (Fsp3) is 0.500. The lowest BCUT2D eigenvalue weighted by molar-refractivity contribution is 1.04. The zero-order valence-electron chi connectivity index (χ0n) is 7.01. The molecule has 10 heavy (non-hydrogen) atoms. The van der Waals surface area contributed by atoms with E-state index >= 15 is 0 Å². The highest BCUT2D eigenvalue weighted by atomic mass is 13.8. The molecule has 57 valence electrons. The van der Waals surface area contributed by atoms with Crippen LogP contribution < -0.4 is 0 Å². The molecule has 0 aliphatic heterocycles. The number of allylic oxidation sites excluding steroid dienone is 4. The molecule has 0 aromatic rings. The van der Waals surface area contributed by atoms with Gasteiger partial charge in [0.05, 0.1) is 0 Å². The molecule has 0 aromatic heterocycles. The summed E-state index contributed by atoms with van der Waals surface area (Å²) in [6, 6.07) is 0. The van der Waals surface area contributed by atoms with E-state index in [1.807, 2.05) is 0 Å². The highest BCUT2D eigenvalue weighted by Gasteiger charge is 1.75. The van der Waals surface area contributed by atoms with E-state index in [9.17, 15) is 0 Å². The third-order valence-electron chi connectivity index (χ3n) is 1.24. The van der Waals surface area contributed by atoms with Gasteiger partial charge in [0.2, 0.25) is 0 Å². The minimum absolute atomic E-state index is 1.14. The summed E-state index contributed by atoms with van der Waals surface area (Å²) in [6.45, 7) is 4.21. The highest BCUT2D eigenvalue weighted by Crippen LogP contribution is 1.94. The SMILES string of the molecule is CC=CCCC=C[CH]CC. The summed E-state index contributed by atoms with van der Waals surface area (Å²) in [6.07, 6.45) is 14.3. The van der Waals surface area contributed by atoms with Crippen molar-refractivity contribution in [3.63, 3.8) is 0 Å². The zero-order chi connectivity index (χ0) is 7.66. The summed E-state index contributed by atoms with van der Waals surface area (Å²) in [5.74, 6) is 0. The highest BCUT2D eigenvalue weighted by molar-refractivity contribution is 4.94. The van der Waals surface area contributed by atoms with Gasteiger partial charge in [-0.25, -0.2) is 0 Å². The molecular weight excluding hydrogens is 120 g/mol. The van der Waals surface area contributed by atoms with Crippen molar-refractivity contribution < 1.29 is 0 Å². The van der Waals surface area contributed by atoms with Crippen molar-refractivity contribution in [3.05, 3.63) is 30.7 Å². The van der Waals surface area contributed by atoms with E-state index in [0.717, 1.165) is 6.42 Å². The van der Waals surface area contributed by atoms with Gasteiger partial charge in [-0.15, -0.1) is 0 Å². The van der Waals surface area contributed by atoms with Crippen LogP contribution in [0.3, 0.4) is 0 Å². The molecule has 1 radical (unpaired) electrons. The molecule has 0 spiro atoms. The van der Waals surface area contributed by atoms with E-state index in [2.05, 4.69) is 44.6 Å². The predicted molar refractivity (Wildman–Crippen MR) is 47.8 cm³/mol. The summed E-state index contributed by atoms with van der Waals surface area (Å²) in [5.41, 5.74) is 0. The lowest BCUT2D eigenvalue weighted by Crippen LogP contribution is -1.65. The van der Waals surface area contributed by atoms with Crippen molar-refractivity contribution in [2.45, 2.75) is 33.1 Å². The summed E-state index contributed by atoms with van der Waals surface area (Å²) in [5, 5.41) is 0. The lowest BCUT2D eigenvalue weighted by Gasteiger charge is -1.85. The minimum Gasteiger partial charge on any atom is -0.0917 e. The van der Waals surface area contributed by atoms with Crippen LogP contribution in [0, 0.1) is 6.42 Å². The normalized spacial score (nSPS) is 11.8. The Hall–Kier alpha value is -0.520. The second-order valence-electron chi connectivity index (χ2n) is 2.22. The van der Waals surface area contributed by atoms with Crippen LogP contribution >= 0.6 is 0 Å². The van der Waals surface area contributed by atoms with Gasteiger partial charge in [0.1, 0.15) is 0 Å². The topological polar surface area (TPSA) is 0 Å². The largest absolute Gasteiger partial charge is 0.0917 e. The molecule has 0 heteroatoms. The minimum atomic E-state index is 1.14. The Balaban J connectivity index is 3.02. The maximum absolute atomic E-state index is 2.21. The van der Waals surface area contributed by atoms with Crippen molar-refractivity contribution in [3.8, 4) is 0 Å². The number of hydrogen-bond acceptors (Lipinski definition) is 0. The van der Waals surface area contributed by atoms with Crippen LogP contribution in [0.25, 0.3) is 0 Å². The van der Waals surface area contributed by atoms with E-state index in [0.29, 0.717) is 0 Å². The van der Waals surface area contributed by atoms with Gasteiger partial charge in [0, 0.05) is 0 Å². The third kappa shape index (κ3) is 7.48. The van der Waals surface area contributed by atoms with Crippen LogP contribution in [0.15, 0.2) is 24.3 Å². The van der Waals surface area contributed by atoms with E-state index < -0.39 is 0 Å². The Morgan fingerprint density at radius 3 is 2.40 bits per heavy atom. The number of rotatable bonds is 5. The summed E-state index contributed by atoms with van der Waals surface area (Å²) in [4.78, 5) is 0. The van der Waals surface area contributed by atoms with Gasteiger partial charge in [-0.2, -0.15) is 0 Å². The van der Waals surface area contributed by atoms with Gasteiger partial charge in [-0.1, -0.05) is 31.2 Å². The zero-order valence-corrected chi connectivity index (χ0v) is 7.01. The standard InChI is InChI=1S/C10H17/c1-3-5-7-9-10-8-6-4-2/h3,5-6,8,10H,4,7,9H2,1-2H3. The molecule has 0 unspecified atom stereocenters. The number of unbranched alkanes of at least 4 members (excludes halogenated alkanes) is 2. The molecular formula is C10H17. The molecule has 0 atom stereocenters. The summed E-state index contributed by atoms with van der Waals surface area (Å²) >= 11 is 0. The average Bonchev–Trinajstić information content (AvgIpc) is 1.97. The molecule has 0 fully saturated rings. The van der Waals surface area contributed by atoms with Gasteiger partial charge in [0.15, 0.2) is 0 Å². The Labute approximate surface area is 64.6 Å². The van der Waals surface area contributed by atoms with Crippen molar-refractivity contribution in [1.82, 2.24) is 0 Å². The Bertz CT molecular complexity index is 98.6. The van der Waals surface area contributed by atoms with Crippen LogP contribution in [0.2, 0.25) is 0 Å². The molecule has 0 aliphatic rings. The Morgan fingerprint density at radius 1 is 1.10 bits per heavy atom. The van der Waals surface area contributed by atoms with Crippen LogP contribution in [0.5, 0.6) is 0 Å². The van der Waals surface area contributed by atoms with Crippen molar-refractivity contribution in [2.75, 3.05) is 0 Å². The second-order valence-corrected chi connectivity index (χ2v) is 2.22. The maximum atomic E-state index is 2.21. The first kappa shape index (κ1) is 9.48. The predicted octanol–water partition coefficient (Wildman–Crippen LogP) is 3.51. The smallest absolute Gasteiger partial charge is 0.0173 e. The fourth-order valence-corrected chi connectivity index (χ4v) is 0.688. The van der Waals surface area contributed by atoms with Gasteiger partial charge >= 0.3 is 0 Å². The summed E-state index contributed by atoms with van der Waals surface area (Å²) in [7, 11) is 0. The lowest BCUT2D eigenvalue weighted by atomic mass is 10.2. The van der Waals surface area contributed by atoms with E-state index in [1.54, 1.807) is 0 Å². The van der Waals surface area contributed by atoms with Gasteiger partial charge in [-0.3, -0.25) is 0 Å². The second kappa shape index (κ2) is 8.48. The van der Waals surface area contributed by atoms with Crippen molar-refractivity contribution in [2.24, 2.45) is 0 Å². The van der Waals surface area contributed by atoms with E-state index in [-0.39, 0.29) is 0 Å². The van der Waals surface area contributed by atoms with Crippen LogP contribution in [0.1, 0.15) is 33.1 Å². The molecule has 0 aromatic carbocycles. The molecule has 0 heterocycles. The first-order chi connectivity index (χ1) is 4.91. The van der Waals surface area contributed by atoms with Crippen LogP contribution in [0.4, 0.5) is 0 Å². The average molecular weight is 137 g/mol. The first-order valence-corrected chi connectivity index (χ1v) is 4.01. The molecule has 0 bridgehead atoms. The summed E-state index contributed by atoms with van der Waals surface area (Å²) < 4.78 is 0. The molecule has 0 rings (SSSR count). The molecule has 0 saturated heterocycles. The van der Waals surface area contributed by atoms with Crippen LogP contribution in [-0.2, 0) is 0 Å². The maximum Gasteiger partial charge on any atom is -0.0173 e. The molecule has 0 amide bonds. The van der Waals surface area contributed by atoms with Crippen molar-refractivity contribution in [1.29, 1.82) is 0 Å². The monoisotopic (exact) mass is 137 g/mol. The van der Waals surface area contributed by atoms with E-state index in [1.165, 1.54) is 12.8 Å². The molecule has 0 saturated carbocycles. The van der Waals surface area contributed by atoms with Gasteiger partial charge in [-0.05, 0) is 32.6 Å². The first-order valence-electron chi connectivity index (χ1n) is 4.01. The molecule has 0 N–H and O–H groups in total. The van der Waals surface area contributed by atoms with Gasteiger partial charge in [0.25, 0.3) is 0 Å². The molecule has 0 nitrogen and oxygen atoms in total. The fourth-order valence-electron chi connectivity index (χ4n) is 0.688. The van der Waals surface area contributed by atoms with E-state index in [4.69, 9.17) is 0 Å². The Kier molecular flexibility index (Phi) is 8.04. The van der Waals surface area contributed by atoms with Crippen LogP contribution in [-0.4, -0.2) is 0 Å². The number of hydrogen-bond donors (Lipinski definition) is 0. The molecule has 0 aliphatic carbocycles. The van der Waals surface area contributed by atoms with Crippen molar-refractivity contribution >= 4 is 0 Å². The third-order valence-corrected chi connectivity index (χ3v) is 1.24. The quantitative estimate of drug-likeness (QED) is 0.402.